The zero-order valence-corrected chi connectivity index (χ0v) is 8.49. The molecule has 0 saturated carbocycles. The second-order valence-electron chi connectivity index (χ2n) is 2.57. The number of carbonyl (C=O) groups is 1. The van der Waals surface area contributed by atoms with Crippen LogP contribution in [0.4, 0.5) is 30.7 Å². The summed E-state index contributed by atoms with van der Waals surface area (Å²) in [4.78, 5) is 9.00. The van der Waals surface area contributed by atoms with E-state index in [-0.39, 0.29) is 0 Å². The lowest BCUT2D eigenvalue weighted by Crippen LogP contribution is -2.53. The first-order chi connectivity index (χ1) is 7.63. The van der Waals surface area contributed by atoms with Gasteiger partial charge >= 0.3 is 18.4 Å². The number of carboxylic acid groups (broad SMARTS) is 1. The molecule has 12 heteroatoms. The van der Waals surface area contributed by atoms with Gasteiger partial charge in [0.2, 0.25) is 0 Å². The van der Waals surface area contributed by atoms with E-state index < -0.39 is 30.2 Å². The maximum absolute atomic E-state index is 12.1. The van der Waals surface area contributed by atoms with Crippen LogP contribution >= 0.6 is 0 Å². The Balaban J connectivity index is 0. The van der Waals surface area contributed by atoms with Crippen LogP contribution in [0.1, 0.15) is 6.92 Å². The molecule has 0 radical (unpaired) electrons. The van der Waals surface area contributed by atoms with Gasteiger partial charge in [-0.05, 0) is 0 Å². The Morgan fingerprint density at radius 2 is 1.44 bits per heavy atom. The average Bonchev–Trinajstić information content (AvgIpc) is 1.96. The van der Waals surface area contributed by atoms with Crippen LogP contribution in [0.3, 0.4) is 0 Å². The predicted molar refractivity (Wildman–Crippen MR) is 42.3 cm³/mol. The number of carboxylic acids is 1. The van der Waals surface area contributed by atoms with Gasteiger partial charge in [-0.15, -0.1) is 13.2 Å². The van der Waals surface area contributed by atoms with E-state index in [4.69, 9.17) is 15.3 Å². The molecule has 0 heterocycles. The first-order valence-electron chi connectivity index (χ1n) is 3.70. The van der Waals surface area contributed by atoms with Crippen molar-refractivity contribution in [3.63, 3.8) is 0 Å². The summed E-state index contributed by atoms with van der Waals surface area (Å²) < 4.78 is 83.8. The number of amidine groups is 1. The minimum atomic E-state index is -5.96. The Labute approximate surface area is 94.8 Å². The standard InChI is InChI=1S/C4H3F7N2O.C2H4O2/c5-2(6,1(12)13)3(7,8)14-4(9,10)11;1-2(3)4/h(H3,12,13);1H3,(H,3,4). The summed E-state index contributed by atoms with van der Waals surface area (Å²) in [6, 6.07) is 0. The first kappa shape index (κ1) is 18.8. The molecular weight excluding hydrogens is 281 g/mol. The average molecular weight is 288 g/mol. The summed E-state index contributed by atoms with van der Waals surface area (Å²) in [6.07, 6.45) is -11.9. The highest BCUT2D eigenvalue weighted by atomic mass is 19.4. The number of rotatable bonds is 3. The molecule has 0 aromatic rings. The number of hydrogen-bond acceptors (Lipinski definition) is 3. The molecule has 18 heavy (non-hydrogen) atoms. The molecule has 0 aliphatic heterocycles. The molecule has 0 aliphatic carbocycles. The van der Waals surface area contributed by atoms with Gasteiger partial charge in [-0.1, -0.05) is 0 Å². The molecule has 0 rings (SSSR count). The monoisotopic (exact) mass is 288 g/mol. The van der Waals surface area contributed by atoms with Gasteiger partial charge in [-0.2, -0.15) is 17.6 Å². The third-order valence-corrected chi connectivity index (χ3v) is 0.948. The number of hydrogen-bond donors (Lipinski definition) is 3. The summed E-state index contributed by atoms with van der Waals surface area (Å²) in [5, 5.41) is 13.4. The van der Waals surface area contributed by atoms with Gasteiger partial charge < -0.3 is 10.8 Å². The smallest absolute Gasteiger partial charge is 0.481 e. The van der Waals surface area contributed by atoms with E-state index in [0.29, 0.717) is 0 Å². The van der Waals surface area contributed by atoms with Crippen LogP contribution in [-0.4, -0.2) is 35.3 Å². The van der Waals surface area contributed by atoms with Crippen molar-refractivity contribution in [1.82, 2.24) is 0 Å². The van der Waals surface area contributed by atoms with Gasteiger partial charge in [-0.25, -0.2) is 4.74 Å². The van der Waals surface area contributed by atoms with E-state index >= 15 is 0 Å². The van der Waals surface area contributed by atoms with Crippen LogP contribution < -0.4 is 5.73 Å². The van der Waals surface area contributed by atoms with Crippen LogP contribution in [0.15, 0.2) is 0 Å². The highest BCUT2D eigenvalue weighted by Gasteiger charge is 2.65. The van der Waals surface area contributed by atoms with Crippen LogP contribution in [0.5, 0.6) is 0 Å². The van der Waals surface area contributed by atoms with E-state index in [9.17, 15) is 30.7 Å². The first-order valence-corrected chi connectivity index (χ1v) is 3.70. The molecule has 0 amide bonds. The normalized spacial score (nSPS) is 12.4. The van der Waals surface area contributed by atoms with Crippen molar-refractivity contribution in [3.8, 4) is 0 Å². The van der Waals surface area contributed by atoms with Crippen LogP contribution in [0.25, 0.3) is 0 Å². The van der Waals surface area contributed by atoms with E-state index in [0.717, 1.165) is 6.92 Å². The van der Waals surface area contributed by atoms with Gasteiger partial charge in [0.05, 0.1) is 0 Å². The molecule has 0 bridgehead atoms. The second kappa shape index (κ2) is 5.84. The van der Waals surface area contributed by atoms with Crippen molar-refractivity contribution >= 4 is 11.8 Å². The SMILES string of the molecule is CC(=O)O.N=C(N)C(F)(F)C(F)(F)OC(F)(F)F. The number of nitrogens with one attached hydrogen (secondary N) is 1. The lowest BCUT2D eigenvalue weighted by Gasteiger charge is -2.25. The molecule has 0 aromatic carbocycles. The topological polar surface area (TPSA) is 96.4 Å². The number of aliphatic carboxylic acids is 1. The maximum atomic E-state index is 12.1. The fourth-order valence-corrected chi connectivity index (χ4v) is 0.366. The molecule has 0 fully saturated rings. The summed E-state index contributed by atoms with van der Waals surface area (Å²) in [7, 11) is 0. The van der Waals surface area contributed by atoms with E-state index in [2.05, 4.69) is 5.73 Å². The molecule has 4 N–H and O–H groups in total. The molecule has 108 valence electrons. The third kappa shape index (κ3) is 6.88. The van der Waals surface area contributed by atoms with E-state index in [1.54, 1.807) is 0 Å². The largest absolute Gasteiger partial charge is 0.527 e. The Morgan fingerprint density at radius 1 is 1.17 bits per heavy atom. The van der Waals surface area contributed by atoms with Crippen LogP contribution in [0.2, 0.25) is 0 Å². The fourth-order valence-electron chi connectivity index (χ4n) is 0.366. The van der Waals surface area contributed by atoms with Crippen LogP contribution in [0, 0.1) is 5.41 Å². The number of nitrogens with two attached hydrogens (primary N) is 1. The van der Waals surface area contributed by atoms with Gasteiger partial charge in [0.15, 0.2) is 5.84 Å². The van der Waals surface area contributed by atoms with Gasteiger partial charge in [-0.3, -0.25) is 10.2 Å². The van der Waals surface area contributed by atoms with E-state index in [1.807, 2.05) is 4.74 Å². The Hall–Kier alpha value is -1.59. The van der Waals surface area contributed by atoms with Crippen molar-refractivity contribution in [2.24, 2.45) is 5.73 Å². The Morgan fingerprint density at radius 3 is 1.61 bits per heavy atom. The molecule has 0 aliphatic rings. The second-order valence-corrected chi connectivity index (χ2v) is 2.57. The minimum absolute atomic E-state index is 0.833. The molecule has 5 nitrogen and oxygen atoms in total. The molecule has 0 aromatic heterocycles. The summed E-state index contributed by atoms with van der Waals surface area (Å²) in [5.41, 5.74) is 3.98. The molecular formula is C6H7F7N2O3. The van der Waals surface area contributed by atoms with Crippen molar-refractivity contribution < 1.29 is 45.4 Å². The Bertz CT molecular complexity index is 311. The maximum Gasteiger partial charge on any atom is 0.527 e. The van der Waals surface area contributed by atoms with Gasteiger partial charge in [0.1, 0.15) is 0 Å². The van der Waals surface area contributed by atoms with Crippen LogP contribution in [-0.2, 0) is 9.53 Å². The number of alkyl halides is 7. The quantitative estimate of drug-likeness (QED) is 0.419. The van der Waals surface area contributed by atoms with Crippen molar-refractivity contribution in [1.29, 1.82) is 5.41 Å². The molecule has 0 spiro atoms. The van der Waals surface area contributed by atoms with Crippen molar-refractivity contribution in [2.75, 3.05) is 0 Å². The predicted octanol–water partition coefficient (Wildman–Crippen LogP) is 1.78. The highest BCUT2D eigenvalue weighted by Crippen LogP contribution is 2.39. The lowest BCUT2D eigenvalue weighted by molar-refractivity contribution is -0.455. The lowest BCUT2D eigenvalue weighted by atomic mass is 10.3. The van der Waals surface area contributed by atoms with Crippen molar-refractivity contribution in [2.45, 2.75) is 25.3 Å². The minimum Gasteiger partial charge on any atom is -0.481 e. The highest BCUT2D eigenvalue weighted by molar-refractivity contribution is 5.85. The molecule has 0 unspecified atom stereocenters. The summed E-state index contributed by atoms with van der Waals surface area (Å²) >= 11 is 0. The molecule has 0 saturated heterocycles. The zero-order valence-electron chi connectivity index (χ0n) is 8.49. The number of ether oxygens (including phenoxy) is 1. The summed E-state index contributed by atoms with van der Waals surface area (Å²) in [5.74, 6) is -8.77. The fraction of sp³-hybridized carbons (Fsp3) is 0.667. The third-order valence-electron chi connectivity index (χ3n) is 0.948. The summed E-state index contributed by atoms with van der Waals surface area (Å²) in [6.45, 7) is 1.08. The van der Waals surface area contributed by atoms with Gasteiger partial charge in [0.25, 0.3) is 5.97 Å². The van der Waals surface area contributed by atoms with Gasteiger partial charge in [0, 0.05) is 6.92 Å². The van der Waals surface area contributed by atoms with E-state index in [1.165, 1.54) is 0 Å². The molecule has 0 atom stereocenters. The number of halogens is 7. The van der Waals surface area contributed by atoms with Crippen molar-refractivity contribution in [3.05, 3.63) is 0 Å². The Kier molecular flexibility index (Phi) is 6.09. The zero-order chi connectivity index (χ0) is 15.4.